The molecule has 1 heterocycles. The lowest BCUT2D eigenvalue weighted by Crippen LogP contribution is -2.83. The Bertz CT molecular complexity index is 1420. The topological polar surface area (TPSA) is 107 Å². The van der Waals surface area contributed by atoms with E-state index in [-0.39, 0.29) is 32.1 Å². The molecule has 6 nitrogen and oxygen atoms in total. The number of rotatable bonds is 11. The van der Waals surface area contributed by atoms with Crippen LogP contribution in [0.5, 0.6) is 0 Å². The first-order chi connectivity index (χ1) is 20.3. The van der Waals surface area contributed by atoms with Crippen LogP contribution < -0.4 is 0 Å². The standard InChI is InChI=1S/C36H38O6/c37-22-21-32-34(39,24-28-15-7-2-8-16-28)36(41,26-30-19-11-4-12-20-30)35(40,25-29-17-9-3-10-18-29)33(42-32)31(38)23-27-13-5-1-6-14-27/h1-20,22,31-33,38-41H,21,23-26H2/t31?,32-,33+,34-,35+,36+/m0/s1. The fourth-order valence-corrected chi connectivity index (χ4v) is 6.51. The summed E-state index contributed by atoms with van der Waals surface area (Å²) in [6.07, 6.45) is -3.63. The molecule has 4 aromatic rings. The molecular weight excluding hydrogens is 528 g/mol. The average molecular weight is 567 g/mol. The zero-order valence-corrected chi connectivity index (χ0v) is 23.5. The van der Waals surface area contributed by atoms with Crippen molar-refractivity contribution in [2.45, 2.75) is 67.2 Å². The van der Waals surface area contributed by atoms with Crippen molar-refractivity contribution in [3.8, 4) is 0 Å². The van der Waals surface area contributed by atoms with E-state index in [0.29, 0.717) is 23.0 Å². The van der Waals surface area contributed by atoms with Crippen LogP contribution in [0.4, 0.5) is 0 Å². The number of aldehydes is 1. The zero-order chi connectivity index (χ0) is 29.6. The molecule has 1 saturated heterocycles. The quantitative estimate of drug-likeness (QED) is 0.206. The third-order valence-electron chi connectivity index (χ3n) is 8.63. The van der Waals surface area contributed by atoms with Gasteiger partial charge in [-0.15, -0.1) is 0 Å². The molecular formula is C36H38O6. The number of carbonyl (C=O) groups is 1. The summed E-state index contributed by atoms with van der Waals surface area (Å²) >= 11 is 0. The van der Waals surface area contributed by atoms with E-state index in [2.05, 4.69) is 0 Å². The number of carbonyl (C=O) groups excluding carboxylic acids is 1. The summed E-state index contributed by atoms with van der Waals surface area (Å²) in [5.74, 6) is 0. The summed E-state index contributed by atoms with van der Waals surface area (Å²) in [6, 6.07) is 36.8. The van der Waals surface area contributed by atoms with Gasteiger partial charge in [-0.2, -0.15) is 0 Å². The highest BCUT2D eigenvalue weighted by molar-refractivity contribution is 5.51. The largest absolute Gasteiger partial charge is 0.390 e. The molecule has 0 radical (unpaired) electrons. The van der Waals surface area contributed by atoms with Gasteiger partial charge in [0.05, 0.1) is 12.2 Å². The first-order valence-corrected chi connectivity index (χ1v) is 14.4. The Labute approximate surface area is 246 Å². The first kappa shape index (κ1) is 29.8. The second kappa shape index (κ2) is 12.7. The van der Waals surface area contributed by atoms with E-state index in [4.69, 9.17) is 4.74 Å². The maximum atomic E-state index is 13.1. The first-order valence-electron chi connectivity index (χ1n) is 14.4. The van der Waals surface area contributed by atoms with Crippen molar-refractivity contribution in [2.24, 2.45) is 0 Å². The molecule has 0 aliphatic carbocycles. The number of benzene rings is 4. The van der Waals surface area contributed by atoms with E-state index in [1.54, 1.807) is 0 Å². The monoisotopic (exact) mass is 566 g/mol. The third-order valence-corrected chi connectivity index (χ3v) is 8.63. The summed E-state index contributed by atoms with van der Waals surface area (Å²) in [4.78, 5) is 12.0. The van der Waals surface area contributed by atoms with Crippen molar-refractivity contribution in [1.82, 2.24) is 0 Å². The third kappa shape index (κ3) is 5.82. The lowest BCUT2D eigenvalue weighted by molar-refractivity contribution is -0.365. The molecule has 1 aliphatic rings. The number of hydrogen-bond donors (Lipinski definition) is 4. The normalized spacial score (nSPS) is 28.2. The van der Waals surface area contributed by atoms with E-state index in [0.717, 1.165) is 5.56 Å². The number of hydrogen-bond acceptors (Lipinski definition) is 6. The maximum absolute atomic E-state index is 13.1. The molecule has 6 heteroatoms. The van der Waals surface area contributed by atoms with Crippen molar-refractivity contribution in [1.29, 1.82) is 0 Å². The van der Waals surface area contributed by atoms with Crippen LogP contribution in [0.1, 0.15) is 28.7 Å². The molecule has 4 N–H and O–H groups in total. The van der Waals surface area contributed by atoms with Gasteiger partial charge in [-0.25, -0.2) is 0 Å². The minimum absolute atomic E-state index is 0.0890. The van der Waals surface area contributed by atoms with Crippen LogP contribution in [-0.2, 0) is 35.2 Å². The second-order valence-corrected chi connectivity index (χ2v) is 11.4. The predicted octanol–water partition coefficient (Wildman–Crippen LogP) is 3.87. The molecule has 1 aliphatic heterocycles. The molecule has 1 unspecified atom stereocenters. The molecule has 5 rings (SSSR count). The highest BCUT2D eigenvalue weighted by Gasteiger charge is 2.71. The average Bonchev–Trinajstić information content (AvgIpc) is 3.00. The number of ether oxygens (including phenoxy) is 1. The Morgan fingerprint density at radius 1 is 0.619 bits per heavy atom. The fourth-order valence-electron chi connectivity index (χ4n) is 6.51. The zero-order valence-electron chi connectivity index (χ0n) is 23.5. The van der Waals surface area contributed by atoms with Crippen LogP contribution in [0.3, 0.4) is 0 Å². The molecule has 1 fully saturated rings. The Hall–Kier alpha value is -3.65. The maximum Gasteiger partial charge on any atom is 0.132 e. The van der Waals surface area contributed by atoms with Gasteiger partial charge in [0.25, 0.3) is 0 Å². The van der Waals surface area contributed by atoms with Gasteiger partial charge in [0.1, 0.15) is 29.2 Å². The predicted molar refractivity (Wildman–Crippen MR) is 161 cm³/mol. The SMILES string of the molecule is O=CC[C@@H]1O[C@H](C(O)Cc2ccccc2)[C@](O)(Cc2ccccc2)[C@@](O)(Cc2ccccc2)[C@]1(O)Cc1ccccc1. The molecule has 0 amide bonds. The van der Waals surface area contributed by atoms with E-state index < -0.39 is 35.1 Å². The van der Waals surface area contributed by atoms with Crippen LogP contribution in [-0.4, -0.2) is 61.8 Å². The fraction of sp³-hybridized carbons (Fsp3) is 0.306. The van der Waals surface area contributed by atoms with Crippen molar-refractivity contribution < 1.29 is 30.0 Å². The van der Waals surface area contributed by atoms with Gasteiger partial charge in [-0.1, -0.05) is 121 Å². The minimum Gasteiger partial charge on any atom is -0.390 e. The van der Waals surface area contributed by atoms with Gasteiger partial charge in [0.2, 0.25) is 0 Å². The van der Waals surface area contributed by atoms with E-state index in [9.17, 15) is 25.2 Å². The van der Waals surface area contributed by atoms with Crippen molar-refractivity contribution >= 4 is 6.29 Å². The van der Waals surface area contributed by atoms with E-state index in [1.807, 2.05) is 121 Å². The lowest BCUT2D eigenvalue weighted by atomic mass is 9.57. The Morgan fingerprint density at radius 3 is 1.48 bits per heavy atom. The number of aliphatic hydroxyl groups excluding tert-OH is 1. The summed E-state index contributed by atoms with van der Waals surface area (Å²) in [6.45, 7) is 0. The van der Waals surface area contributed by atoms with Gasteiger partial charge in [0, 0.05) is 32.1 Å². The molecule has 0 spiro atoms. The molecule has 0 aromatic heterocycles. The van der Waals surface area contributed by atoms with E-state index >= 15 is 0 Å². The molecule has 0 saturated carbocycles. The molecule has 4 aromatic carbocycles. The summed E-state index contributed by atoms with van der Waals surface area (Å²) in [5, 5.41) is 50.4. The van der Waals surface area contributed by atoms with E-state index in [1.165, 1.54) is 0 Å². The molecule has 6 atom stereocenters. The minimum atomic E-state index is -2.26. The van der Waals surface area contributed by atoms with Gasteiger partial charge in [-0.3, -0.25) is 0 Å². The van der Waals surface area contributed by atoms with Crippen LogP contribution in [0.15, 0.2) is 121 Å². The van der Waals surface area contributed by atoms with Crippen LogP contribution >= 0.6 is 0 Å². The van der Waals surface area contributed by atoms with Gasteiger partial charge in [-0.05, 0) is 22.3 Å². The number of aliphatic hydroxyl groups is 4. The summed E-state index contributed by atoms with van der Waals surface area (Å²) in [7, 11) is 0. The molecule has 42 heavy (non-hydrogen) atoms. The van der Waals surface area contributed by atoms with Crippen LogP contribution in [0.2, 0.25) is 0 Å². The Kier molecular flexibility index (Phi) is 9.02. The van der Waals surface area contributed by atoms with Crippen molar-refractivity contribution in [3.63, 3.8) is 0 Å². The lowest BCUT2D eigenvalue weighted by Gasteiger charge is -2.62. The Balaban J connectivity index is 1.70. The van der Waals surface area contributed by atoms with Crippen LogP contribution in [0.25, 0.3) is 0 Å². The Morgan fingerprint density at radius 2 is 1.02 bits per heavy atom. The van der Waals surface area contributed by atoms with Gasteiger partial charge >= 0.3 is 0 Å². The smallest absolute Gasteiger partial charge is 0.132 e. The highest BCUT2D eigenvalue weighted by atomic mass is 16.6. The van der Waals surface area contributed by atoms with Crippen molar-refractivity contribution in [2.75, 3.05) is 0 Å². The summed E-state index contributed by atoms with van der Waals surface area (Å²) < 4.78 is 6.43. The van der Waals surface area contributed by atoms with Crippen molar-refractivity contribution in [3.05, 3.63) is 144 Å². The van der Waals surface area contributed by atoms with Gasteiger partial charge < -0.3 is 30.0 Å². The second-order valence-electron chi connectivity index (χ2n) is 11.4. The molecule has 218 valence electrons. The van der Waals surface area contributed by atoms with Gasteiger partial charge in [0.15, 0.2) is 0 Å². The molecule has 0 bridgehead atoms. The highest BCUT2D eigenvalue weighted by Crippen LogP contribution is 2.51. The van der Waals surface area contributed by atoms with Crippen LogP contribution in [0, 0.1) is 0 Å². The summed E-state index contributed by atoms with van der Waals surface area (Å²) in [5.41, 5.74) is -3.65.